The van der Waals surface area contributed by atoms with Crippen LogP contribution in [0.25, 0.3) is 0 Å². The van der Waals surface area contributed by atoms with Crippen molar-refractivity contribution in [3.05, 3.63) is 35.9 Å². The van der Waals surface area contributed by atoms with Crippen LogP contribution in [0.2, 0.25) is 0 Å². The molecule has 1 N–H and O–H groups in total. The first kappa shape index (κ1) is 11.2. The lowest BCUT2D eigenvalue weighted by atomic mass is 9.92. The molecule has 92 valence electrons. The van der Waals surface area contributed by atoms with Gasteiger partial charge < -0.3 is 5.32 Å². The van der Waals surface area contributed by atoms with Gasteiger partial charge in [0.25, 0.3) is 0 Å². The number of rotatable bonds is 2. The molecule has 2 unspecified atom stereocenters. The fourth-order valence-electron chi connectivity index (χ4n) is 3.27. The van der Waals surface area contributed by atoms with Gasteiger partial charge in [-0.15, -0.1) is 0 Å². The molecule has 2 heterocycles. The summed E-state index contributed by atoms with van der Waals surface area (Å²) in [5, 5.41) is 3.54. The molecule has 0 amide bonds. The van der Waals surface area contributed by atoms with Gasteiger partial charge in [-0.3, -0.25) is 4.90 Å². The molecule has 0 spiro atoms. The molecule has 2 aliphatic rings. The summed E-state index contributed by atoms with van der Waals surface area (Å²) in [7, 11) is 0. The summed E-state index contributed by atoms with van der Waals surface area (Å²) >= 11 is 0. The summed E-state index contributed by atoms with van der Waals surface area (Å²) < 4.78 is 0. The Balaban J connectivity index is 1.59. The van der Waals surface area contributed by atoms with Gasteiger partial charge in [0.2, 0.25) is 0 Å². The number of fused-ring (bicyclic) bond motifs is 1. The van der Waals surface area contributed by atoms with Crippen LogP contribution in [0.4, 0.5) is 0 Å². The molecular weight excluding hydrogens is 208 g/mol. The Labute approximate surface area is 104 Å². The summed E-state index contributed by atoms with van der Waals surface area (Å²) in [6.45, 7) is 6.19. The average Bonchev–Trinajstić information content (AvgIpc) is 2.74. The summed E-state index contributed by atoms with van der Waals surface area (Å²) in [4.78, 5) is 2.63. The van der Waals surface area contributed by atoms with Crippen LogP contribution >= 0.6 is 0 Å². The van der Waals surface area contributed by atoms with Crippen LogP contribution in [-0.4, -0.2) is 31.1 Å². The fraction of sp³-hybridized carbons (Fsp3) is 0.600. The monoisotopic (exact) mass is 230 g/mol. The molecule has 2 fully saturated rings. The maximum atomic E-state index is 3.54. The molecule has 0 bridgehead atoms. The summed E-state index contributed by atoms with van der Waals surface area (Å²) in [5.41, 5.74) is 1.46. The van der Waals surface area contributed by atoms with E-state index < -0.39 is 0 Å². The van der Waals surface area contributed by atoms with E-state index in [2.05, 4.69) is 40.5 Å². The number of likely N-dealkylation sites (tertiary alicyclic amines) is 1. The Morgan fingerprint density at radius 1 is 1.00 bits per heavy atom. The van der Waals surface area contributed by atoms with Crippen LogP contribution in [0.15, 0.2) is 30.3 Å². The quantitative estimate of drug-likeness (QED) is 0.837. The number of benzene rings is 1. The number of hydrogen-bond donors (Lipinski definition) is 1. The van der Waals surface area contributed by atoms with E-state index in [1.54, 1.807) is 0 Å². The van der Waals surface area contributed by atoms with Gasteiger partial charge in [-0.25, -0.2) is 0 Å². The van der Waals surface area contributed by atoms with Gasteiger partial charge in [0.05, 0.1) is 0 Å². The first-order valence-corrected chi connectivity index (χ1v) is 6.89. The molecule has 2 aliphatic heterocycles. The minimum atomic E-state index is 0.941. The largest absolute Gasteiger partial charge is 0.316 e. The topological polar surface area (TPSA) is 15.3 Å². The van der Waals surface area contributed by atoms with Crippen molar-refractivity contribution in [3.8, 4) is 0 Å². The SMILES string of the molecule is c1ccc(CN2CCC3CNCC3CC2)cc1. The first-order valence-electron chi connectivity index (χ1n) is 6.89. The van der Waals surface area contributed by atoms with Crippen molar-refractivity contribution in [1.29, 1.82) is 0 Å². The van der Waals surface area contributed by atoms with E-state index in [0.717, 1.165) is 18.4 Å². The molecule has 1 aromatic carbocycles. The van der Waals surface area contributed by atoms with Crippen LogP contribution in [0, 0.1) is 11.8 Å². The Kier molecular flexibility index (Phi) is 3.44. The molecular formula is C15H22N2. The van der Waals surface area contributed by atoms with E-state index in [4.69, 9.17) is 0 Å². The van der Waals surface area contributed by atoms with Crippen molar-refractivity contribution in [3.63, 3.8) is 0 Å². The minimum Gasteiger partial charge on any atom is -0.316 e. The summed E-state index contributed by atoms with van der Waals surface area (Å²) in [6.07, 6.45) is 2.76. The lowest BCUT2D eigenvalue weighted by Gasteiger charge is -2.20. The van der Waals surface area contributed by atoms with E-state index >= 15 is 0 Å². The third-order valence-corrected chi connectivity index (χ3v) is 4.36. The summed E-state index contributed by atoms with van der Waals surface area (Å²) in [5.74, 6) is 1.88. The maximum Gasteiger partial charge on any atom is 0.0233 e. The van der Waals surface area contributed by atoms with Gasteiger partial charge in [0, 0.05) is 6.54 Å². The second kappa shape index (κ2) is 5.19. The first-order chi connectivity index (χ1) is 8.42. The molecule has 0 aromatic heterocycles. The normalized spacial score (nSPS) is 29.9. The van der Waals surface area contributed by atoms with E-state index in [-0.39, 0.29) is 0 Å². The van der Waals surface area contributed by atoms with Gasteiger partial charge in [-0.05, 0) is 56.4 Å². The van der Waals surface area contributed by atoms with Crippen LogP contribution in [0.3, 0.4) is 0 Å². The standard InChI is InChI=1S/C15H22N2/c1-2-4-13(5-3-1)12-17-8-6-14-10-16-11-15(14)7-9-17/h1-5,14-16H,6-12H2. The van der Waals surface area contributed by atoms with Crippen molar-refractivity contribution in [1.82, 2.24) is 10.2 Å². The molecule has 1 aromatic rings. The Bertz CT molecular complexity index is 335. The van der Waals surface area contributed by atoms with E-state index in [1.165, 1.54) is 44.6 Å². The van der Waals surface area contributed by atoms with E-state index in [0.29, 0.717) is 0 Å². The molecule has 2 heteroatoms. The minimum absolute atomic E-state index is 0.941. The lowest BCUT2D eigenvalue weighted by Crippen LogP contribution is -2.25. The Morgan fingerprint density at radius 3 is 2.29 bits per heavy atom. The van der Waals surface area contributed by atoms with Crippen LogP contribution in [0.5, 0.6) is 0 Å². The highest BCUT2D eigenvalue weighted by atomic mass is 15.1. The highest BCUT2D eigenvalue weighted by Crippen LogP contribution is 2.27. The molecule has 2 saturated heterocycles. The van der Waals surface area contributed by atoms with Gasteiger partial charge in [0.1, 0.15) is 0 Å². The highest BCUT2D eigenvalue weighted by molar-refractivity contribution is 5.14. The second-order valence-corrected chi connectivity index (χ2v) is 5.52. The van der Waals surface area contributed by atoms with E-state index in [1.807, 2.05) is 0 Å². The van der Waals surface area contributed by atoms with Crippen molar-refractivity contribution >= 4 is 0 Å². The van der Waals surface area contributed by atoms with Gasteiger partial charge in [-0.1, -0.05) is 30.3 Å². The number of nitrogens with one attached hydrogen (secondary N) is 1. The smallest absolute Gasteiger partial charge is 0.0233 e. The Hall–Kier alpha value is -0.860. The van der Waals surface area contributed by atoms with Gasteiger partial charge in [-0.2, -0.15) is 0 Å². The number of nitrogens with zero attached hydrogens (tertiary/aromatic N) is 1. The molecule has 17 heavy (non-hydrogen) atoms. The van der Waals surface area contributed by atoms with Gasteiger partial charge >= 0.3 is 0 Å². The fourth-order valence-corrected chi connectivity index (χ4v) is 3.27. The lowest BCUT2D eigenvalue weighted by molar-refractivity contribution is 0.270. The molecule has 0 aliphatic carbocycles. The van der Waals surface area contributed by atoms with Gasteiger partial charge in [0.15, 0.2) is 0 Å². The molecule has 3 rings (SSSR count). The molecule has 0 radical (unpaired) electrons. The van der Waals surface area contributed by atoms with Crippen molar-refractivity contribution < 1.29 is 0 Å². The Morgan fingerprint density at radius 2 is 1.65 bits per heavy atom. The predicted molar refractivity (Wildman–Crippen MR) is 70.8 cm³/mol. The van der Waals surface area contributed by atoms with Crippen LogP contribution in [-0.2, 0) is 6.54 Å². The maximum absolute atomic E-state index is 3.54. The summed E-state index contributed by atoms with van der Waals surface area (Å²) in [6, 6.07) is 10.9. The average molecular weight is 230 g/mol. The zero-order chi connectivity index (χ0) is 11.5. The molecule has 0 saturated carbocycles. The predicted octanol–water partition coefficient (Wildman–Crippen LogP) is 2.12. The zero-order valence-corrected chi connectivity index (χ0v) is 10.4. The molecule has 2 nitrogen and oxygen atoms in total. The highest BCUT2D eigenvalue weighted by Gasteiger charge is 2.29. The third-order valence-electron chi connectivity index (χ3n) is 4.36. The van der Waals surface area contributed by atoms with Crippen molar-refractivity contribution in [2.24, 2.45) is 11.8 Å². The third kappa shape index (κ3) is 2.70. The van der Waals surface area contributed by atoms with Crippen molar-refractivity contribution in [2.75, 3.05) is 26.2 Å². The number of hydrogen-bond acceptors (Lipinski definition) is 2. The van der Waals surface area contributed by atoms with Crippen LogP contribution in [0.1, 0.15) is 18.4 Å². The van der Waals surface area contributed by atoms with Crippen LogP contribution < -0.4 is 5.32 Å². The zero-order valence-electron chi connectivity index (χ0n) is 10.4. The van der Waals surface area contributed by atoms with E-state index in [9.17, 15) is 0 Å². The second-order valence-electron chi connectivity index (χ2n) is 5.52. The van der Waals surface area contributed by atoms with Crippen molar-refractivity contribution in [2.45, 2.75) is 19.4 Å². The molecule has 2 atom stereocenters.